The molecule has 15 nitrogen and oxygen atoms in total. The van der Waals surface area contributed by atoms with Crippen molar-refractivity contribution in [2.75, 3.05) is 49.1 Å². The van der Waals surface area contributed by atoms with E-state index in [1.807, 2.05) is 6.07 Å². The Morgan fingerprint density at radius 3 is 1.96 bits per heavy atom. The van der Waals surface area contributed by atoms with Crippen molar-refractivity contribution >= 4 is 52.3 Å². The standard InChI is InChI=1S/C40H38N6O9/c1-5-22-54-33-28(40(51)55-23-6-2)17-19-30(35(33)53-4)43-38(49)27-16-18-29(34(52-3)32(27)46-37(48)24-10-8-7-9-11-24)44-39(50)31(20-21-41)45-36(47)25-12-14-26(42)15-13-25/h5-19,31H,1-2,20,22-23,42H2,3-4H3,(H,43,49)(H,44,50)(H,45,47)(H,46,48). The van der Waals surface area contributed by atoms with Crippen LogP contribution in [0.5, 0.6) is 17.2 Å². The third-order valence-electron chi connectivity index (χ3n) is 7.69. The molecule has 4 aromatic rings. The number of ether oxygens (including phenoxy) is 4. The van der Waals surface area contributed by atoms with E-state index in [0.29, 0.717) is 5.69 Å². The number of hydrogen-bond acceptors (Lipinski definition) is 11. The van der Waals surface area contributed by atoms with Gasteiger partial charge in [-0.3, -0.25) is 19.2 Å². The van der Waals surface area contributed by atoms with E-state index in [1.54, 1.807) is 30.3 Å². The fourth-order valence-electron chi connectivity index (χ4n) is 5.09. The van der Waals surface area contributed by atoms with Crippen LogP contribution in [0.4, 0.5) is 22.7 Å². The molecule has 1 unspecified atom stereocenters. The van der Waals surface area contributed by atoms with Crippen molar-refractivity contribution in [2.45, 2.75) is 12.5 Å². The van der Waals surface area contributed by atoms with Crippen molar-refractivity contribution < 1.29 is 42.9 Å². The lowest BCUT2D eigenvalue weighted by Gasteiger charge is -2.21. The SMILES string of the molecule is C=CCOC(=O)c1ccc(NC(=O)c2ccc(NC(=O)C(CC#N)NC(=O)c3ccc(N)cc3)c(OC)c2NC(=O)c2ccccc2)c(OC)c1OCC=C. The van der Waals surface area contributed by atoms with Crippen LogP contribution in [0.3, 0.4) is 0 Å². The molecule has 0 saturated heterocycles. The summed E-state index contributed by atoms with van der Waals surface area (Å²) in [7, 11) is 2.57. The van der Waals surface area contributed by atoms with Gasteiger partial charge >= 0.3 is 5.97 Å². The summed E-state index contributed by atoms with van der Waals surface area (Å²) in [6.45, 7) is 7.09. The number of carbonyl (C=O) groups excluding carboxylic acids is 5. The van der Waals surface area contributed by atoms with E-state index in [9.17, 15) is 29.2 Å². The average molecular weight is 747 g/mol. The third-order valence-corrected chi connectivity index (χ3v) is 7.69. The van der Waals surface area contributed by atoms with Gasteiger partial charge in [0.25, 0.3) is 17.7 Å². The van der Waals surface area contributed by atoms with Gasteiger partial charge in [-0.05, 0) is 60.7 Å². The molecule has 0 saturated carbocycles. The van der Waals surface area contributed by atoms with Gasteiger partial charge in [-0.2, -0.15) is 5.26 Å². The number of nitrogens with two attached hydrogens (primary N) is 1. The topological polar surface area (TPSA) is 220 Å². The van der Waals surface area contributed by atoms with Crippen LogP contribution in [0, 0.1) is 11.3 Å². The molecule has 0 fully saturated rings. The summed E-state index contributed by atoms with van der Waals surface area (Å²) in [6, 6.07) is 20.1. The van der Waals surface area contributed by atoms with Gasteiger partial charge < -0.3 is 45.9 Å². The molecule has 0 spiro atoms. The van der Waals surface area contributed by atoms with Gasteiger partial charge in [0.1, 0.15) is 24.8 Å². The summed E-state index contributed by atoms with van der Waals surface area (Å²) in [5, 5.41) is 20.0. The normalized spacial score (nSPS) is 10.7. The van der Waals surface area contributed by atoms with Crippen molar-refractivity contribution in [3.05, 3.63) is 126 Å². The first kappa shape index (κ1) is 40.2. The molecule has 4 aromatic carbocycles. The molecule has 0 aliphatic heterocycles. The first-order chi connectivity index (χ1) is 26.6. The number of anilines is 4. The number of methoxy groups -OCH3 is 2. The van der Waals surface area contributed by atoms with Crippen molar-refractivity contribution in [3.63, 3.8) is 0 Å². The molecule has 4 rings (SSSR count). The number of benzene rings is 4. The Morgan fingerprint density at radius 1 is 0.727 bits per heavy atom. The quantitative estimate of drug-likeness (QED) is 0.0527. The predicted octanol–water partition coefficient (Wildman–Crippen LogP) is 5.35. The maximum atomic E-state index is 14.1. The zero-order chi connectivity index (χ0) is 39.9. The number of esters is 1. The van der Waals surface area contributed by atoms with Crippen LogP contribution >= 0.6 is 0 Å². The number of nitriles is 1. The fraction of sp³-hybridized carbons (Fsp3) is 0.150. The Morgan fingerprint density at radius 2 is 1.35 bits per heavy atom. The second-order valence-corrected chi connectivity index (χ2v) is 11.4. The van der Waals surface area contributed by atoms with Crippen LogP contribution in [0.2, 0.25) is 0 Å². The number of hydrogen-bond donors (Lipinski definition) is 5. The van der Waals surface area contributed by atoms with Gasteiger partial charge in [-0.1, -0.05) is 43.5 Å². The van der Waals surface area contributed by atoms with Crippen molar-refractivity contribution in [2.24, 2.45) is 0 Å². The van der Waals surface area contributed by atoms with Gasteiger partial charge in [0.2, 0.25) is 5.91 Å². The molecular weight excluding hydrogens is 708 g/mol. The zero-order valence-electron chi connectivity index (χ0n) is 30.0. The Labute approximate surface area is 316 Å². The minimum absolute atomic E-state index is 0.00262. The lowest BCUT2D eigenvalue weighted by molar-refractivity contribution is -0.117. The minimum Gasteiger partial charge on any atom is -0.492 e. The van der Waals surface area contributed by atoms with Gasteiger partial charge in [-0.15, -0.1) is 0 Å². The van der Waals surface area contributed by atoms with E-state index in [4.69, 9.17) is 24.7 Å². The van der Waals surface area contributed by atoms with E-state index >= 15 is 0 Å². The van der Waals surface area contributed by atoms with Crippen LogP contribution in [0.15, 0.2) is 104 Å². The fourth-order valence-corrected chi connectivity index (χ4v) is 5.09. The number of nitrogens with zero attached hydrogens (tertiary/aromatic N) is 1. The zero-order valence-corrected chi connectivity index (χ0v) is 30.0. The molecule has 0 aliphatic carbocycles. The molecule has 55 heavy (non-hydrogen) atoms. The Kier molecular flexibility index (Phi) is 14.1. The lowest BCUT2D eigenvalue weighted by Crippen LogP contribution is -2.43. The largest absolute Gasteiger partial charge is 0.492 e. The molecule has 15 heteroatoms. The maximum absolute atomic E-state index is 14.1. The summed E-state index contributed by atoms with van der Waals surface area (Å²) < 4.78 is 22.2. The third kappa shape index (κ3) is 10.1. The molecule has 0 radical (unpaired) electrons. The molecule has 0 bridgehead atoms. The number of nitrogen functional groups attached to an aromatic ring is 1. The van der Waals surface area contributed by atoms with Crippen LogP contribution in [-0.4, -0.2) is 63.1 Å². The Hall–Kier alpha value is -7.60. The molecule has 1 atom stereocenters. The average Bonchev–Trinajstić information content (AvgIpc) is 3.19. The Balaban J connectivity index is 1.74. The van der Waals surface area contributed by atoms with Crippen molar-refractivity contribution in [1.82, 2.24) is 5.32 Å². The van der Waals surface area contributed by atoms with Crippen LogP contribution in [0.1, 0.15) is 47.9 Å². The van der Waals surface area contributed by atoms with E-state index in [1.165, 1.54) is 74.9 Å². The number of nitrogens with one attached hydrogen (secondary N) is 4. The highest BCUT2D eigenvalue weighted by molar-refractivity contribution is 6.15. The van der Waals surface area contributed by atoms with Gasteiger partial charge in [0.15, 0.2) is 17.2 Å². The molecular formula is C40H38N6O9. The summed E-state index contributed by atoms with van der Waals surface area (Å²) in [6.07, 6.45) is 2.46. The van der Waals surface area contributed by atoms with E-state index in [-0.39, 0.29) is 69.8 Å². The molecule has 6 N–H and O–H groups in total. The maximum Gasteiger partial charge on any atom is 0.342 e. The lowest BCUT2D eigenvalue weighted by atomic mass is 10.1. The van der Waals surface area contributed by atoms with Crippen LogP contribution in [-0.2, 0) is 9.53 Å². The summed E-state index contributed by atoms with van der Waals surface area (Å²) in [4.78, 5) is 66.8. The highest BCUT2D eigenvalue weighted by Crippen LogP contribution is 2.41. The summed E-state index contributed by atoms with van der Waals surface area (Å²) in [5.41, 5.74) is 6.43. The molecule has 4 amide bonds. The number of amides is 4. The van der Waals surface area contributed by atoms with Crippen LogP contribution < -0.4 is 41.2 Å². The number of rotatable bonds is 17. The van der Waals surface area contributed by atoms with Gasteiger partial charge in [0, 0.05) is 16.8 Å². The smallest absolute Gasteiger partial charge is 0.342 e. The second kappa shape index (κ2) is 19.3. The summed E-state index contributed by atoms with van der Waals surface area (Å²) >= 11 is 0. The van der Waals surface area contributed by atoms with Crippen LogP contribution in [0.25, 0.3) is 0 Å². The van der Waals surface area contributed by atoms with Crippen molar-refractivity contribution in [3.8, 4) is 23.3 Å². The van der Waals surface area contributed by atoms with Crippen molar-refractivity contribution in [1.29, 1.82) is 5.26 Å². The highest BCUT2D eigenvalue weighted by atomic mass is 16.5. The molecule has 0 heterocycles. The first-order valence-electron chi connectivity index (χ1n) is 16.5. The molecule has 282 valence electrons. The predicted molar refractivity (Wildman–Crippen MR) is 205 cm³/mol. The highest BCUT2D eigenvalue weighted by Gasteiger charge is 2.28. The summed E-state index contributed by atoms with van der Waals surface area (Å²) in [5.74, 6) is -3.71. The number of carbonyl (C=O) groups is 5. The van der Waals surface area contributed by atoms with E-state index < -0.39 is 42.1 Å². The Bertz CT molecular complexity index is 2130. The van der Waals surface area contributed by atoms with Gasteiger partial charge in [-0.25, -0.2) is 4.79 Å². The monoisotopic (exact) mass is 746 g/mol. The van der Waals surface area contributed by atoms with E-state index in [2.05, 4.69) is 34.4 Å². The second-order valence-electron chi connectivity index (χ2n) is 11.4. The molecule has 0 aliphatic rings. The van der Waals surface area contributed by atoms with Gasteiger partial charge in [0.05, 0.1) is 49.3 Å². The minimum atomic E-state index is -1.31. The molecule has 0 aromatic heterocycles. The first-order valence-corrected chi connectivity index (χ1v) is 16.5. The van der Waals surface area contributed by atoms with E-state index in [0.717, 1.165) is 0 Å².